The van der Waals surface area contributed by atoms with Crippen LogP contribution < -0.4 is 15.4 Å². The van der Waals surface area contributed by atoms with Crippen LogP contribution in [-0.4, -0.2) is 18.9 Å². The van der Waals surface area contributed by atoms with Gasteiger partial charge in [0.25, 0.3) is 0 Å². The number of methoxy groups -OCH3 is 1. The summed E-state index contributed by atoms with van der Waals surface area (Å²) in [5, 5.41) is 6.29. The maximum absolute atomic E-state index is 12.5. The molecule has 2 N–H and O–H groups in total. The Balaban J connectivity index is 1.68. The fourth-order valence-corrected chi connectivity index (χ4v) is 3.18. The minimum atomic E-state index is -0.185. The van der Waals surface area contributed by atoms with Crippen molar-refractivity contribution in [2.75, 3.05) is 17.7 Å². The van der Waals surface area contributed by atoms with E-state index >= 15 is 0 Å². The molecule has 1 fully saturated rings. The molecule has 2 aromatic carbocycles. The van der Waals surface area contributed by atoms with Crippen molar-refractivity contribution in [1.82, 2.24) is 0 Å². The lowest BCUT2D eigenvalue weighted by Gasteiger charge is -2.12. The highest BCUT2D eigenvalue weighted by Crippen LogP contribution is 2.50. The zero-order valence-corrected chi connectivity index (χ0v) is 14.8. The van der Waals surface area contributed by atoms with E-state index in [4.69, 9.17) is 16.3 Å². The van der Waals surface area contributed by atoms with Crippen LogP contribution in [0.25, 0.3) is 0 Å². The highest BCUT2D eigenvalue weighted by Gasteiger charge is 2.44. The third kappa shape index (κ3) is 3.94. The van der Waals surface area contributed by atoms with Crippen LogP contribution in [0.2, 0.25) is 5.02 Å². The van der Waals surface area contributed by atoms with E-state index in [1.807, 2.05) is 24.3 Å². The normalized spacial score (nSPS) is 18.4. The summed E-state index contributed by atoms with van der Waals surface area (Å²) in [4.78, 5) is 23.7. The molecule has 25 heavy (non-hydrogen) atoms. The van der Waals surface area contributed by atoms with Gasteiger partial charge in [-0.3, -0.25) is 9.59 Å². The lowest BCUT2D eigenvalue weighted by atomic mass is 10.1. The highest BCUT2D eigenvalue weighted by atomic mass is 35.5. The summed E-state index contributed by atoms with van der Waals surface area (Å²) in [5.41, 5.74) is 2.21. The topological polar surface area (TPSA) is 67.4 Å². The molecule has 1 aliphatic rings. The van der Waals surface area contributed by atoms with E-state index in [2.05, 4.69) is 10.6 Å². The first-order valence-electron chi connectivity index (χ1n) is 8.00. The van der Waals surface area contributed by atoms with Gasteiger partial charge in [0.05, 0.1) is 12.8 Å². The van der Waals surface area contributed by atoms with Gasteiger partial charge in [-0.1, -0.05) is 29.8 Å². The van der Waals surface area contributed by atoms with E-state index in [9.17, 15) is 9.59 Å². The zero-order valence-electron chi connectivity index (χ0n) is 14.0. The van der Waals surface area contributed by atoms with Gasteiger partial charge in [0.1, 0.15) is 5.75 Å². The molecule has 2 atom stereocenters. The molecular weight excluding hydrogens is 340 g/mol. The molecule has 0 heterocycles. The number of halogens is 1. The van der Waals surface area contributed by atoms with E-state index in [1.165, 1.54) is 14.0 Å². The lowest BCUT2D eigenvalue weighted by Crippen LogP contribution is -2.15. The Morgan fingerprint density at radius 2 is 1.92 bits per heavy atom. The molecule has 0 aliphatic heterocycles. The summed E-state index contributed by atoms with van der Waals surface area (Å²) in [6.45, 7) is 1.43. The minimum absolute atomic E-state index is 0.0424. The number of hydrogen-bond acceptors (Lipinski definition) is 3. The average molecular weight is 359 g/mol. The van der Waals surface area contributed by atoms with E-state index in [0.717, 1.165) is 12.0 Å². The molecular formula is C19H19ClN2O3. The fraction of sp³-hybridized carbons (Fsp3) is 0.263. The number of hydrogen-bond donors (Lipinski definition) is 2. The van der Waals surface area contributed by atoms with Gasteiger partial charge in [0.2, 0.25) is 11.8 Å². The molecule has 0 spiro atoms. The van der Waals surface area contributed by atoms with E-state index in [1.54, 1.807) is 18.2 Å². The number of benzene rings is 2. The van der Waals surface area contributed by atoms with Crippen LogP contribution in [0.5, 0.6) is 5.75 Å². The van der Waals surface area contributed by atoms with Crippen molar-refractivity contribution in [3.63, 3.8) is 0 Å². The number of rotatable bonds is 5. The third-order valence-corrected chi connectivity index (χ3v) is 4.56. The van der Waals surface area contributed by atoms with Gasteiger partial charge >= 0.3 is 0 Å². The lowest BCUT2D eigenvalue weighted by molar-refractivity contribution is -0.117. The highest BCUT2D eigenvalue weighted by molar-refractivity contribution is 6.31. The number of nitrogens with one attached hydrogen (secondary N) is 2. The molecule has 0 radical (unpaired) electrons. The smallest absolute Gasteiger partial charge is 0.228 e. The monoisotopic (exact) mass is 358 g/mol. The van der Waals surface area contributed by atoms with Crippen molar-refractivity contribution < 1.29 is 14.3 Å². The van der Waals surface area contributed by atoms with Gasteiger partial charge in [-0.15, -0.1) is 0 Å². The minimum Gasteiger partial charge on any atom is -0.494 e. The fourth-order valence-electron chi connectivity index (χ4n) is 2.90. The maximum atomic E-state index is 12.5. The molecule has 6 heteroatoms. The molecule has 2 amide bonds. The Kier molecular flexibility index (Phi) is 4.95. The molecule has 1 saturated carbocycles. The first-order chi connectivity index (χ1) is 12.0. The van der Waals surface area contributed by atoms with Gasteiger partial charge < -0.3 is 15.4 Å². The molecule has 0 unspecified atom stereocenters. The number of anilines is 2. The van der Waals surface area contributed by atoms with Gasteiger partial charge in [-0.2, -0.15) is 0 Å². The second kappa shape index (κ2) is 7.15. The molecule has 5 nitrogen and oxygen atoms in total. The van der Waals surface area contributed by atoms with Crippen molar-refractivity contribution in [2.24, 2.45) is 5.92 Å². The molecule has 0 saturated heterocycles. The van der Waals surface area contributed by atoms with Gasteiger partial charge in [0.15, 0.2) is 0 Å². The van der Waals surface area contributed by atoms with Crippen LogP contribution in [0, 0.1) is 5.92 Å². The van der Waals surface area contributed by atoms with Crippen molar-refractivity contribution in [3.8, 4) is 5.75 Å². The standard InChI is InChI=1S/C19H19ClN2O3/c1-11(23)21-17-8-7-12(9-18(17)25-2)22-19(24)15-10-14(15)13-5-3-4-6-16(13)20/h3-9,14-15H,10H2,1-2H3,(H,21,23)(H,22,24)/t14-,15+/m0/s1. The Labute approximate surface area is 151 Å². The summed E-state index contributed by atoms with van der Waals surface area (Å²) in [7, 11) is 1.51. The Morgan fingerprint density at radius 1 is 1.16 bits per heavy atom. The van der Waals surface area contributed by atoms with Gasteiger partial charge in [0, 0.05) is 29.6 Å². The van der Waals surface area contributed by atoms with Crippen molar-refractivity contribution in [2.45, 2.75) is 19.3 Å². The Morgan fingerprint density at radius 3 is 2.60 bits per heavy atom. The number of carbonyl (C=O) groups excluding carboxylic acids is 2. The van der Waals surface area contributed by atoms with Crippen LogP contribution >= 0.6 is 11.6 Å². The third-order valence-electron chi connectivity index (χ3n) is 4.21. The summed E-state index contributed by atoms with van der Waals surface area (Å²) < 4.78 is 5.27. The molecule has 0 bridgehead atoms. The maximum Gasteiger partial charge on any atom is 0.228 e. The average Bonchev–Trinajstić information content (AvgIpc) is 3.36. The predicted molar refractivity (Wildman–Crippen MR) is 98.2 cm³/mol. The second-order valence-electron chi connectivity index (χ2n) is 6.06. The Hall–Kier alpha value is -2.53. The van der Waals surface area contributed by atoms with E-state index in [-0.39, 0.29) is 23.7 Å². The molecule has 0 aromatic heterocycles. The first-order valence-corrected chi connectivity index (χ1v) is 8.38. The SMILES string of the molecule is COc1cc(NC(=O)[C@@H]2C[C@H]2c2ccccc2Cl)ccc1NC(C)=O. The van der Waals surface area contributed by atoms with E-state index < -0.39 is 0 Å². The summed E-state index contributed by atoms with van der Waals surface area (Å²) >= 11 is 6.21. The van der Waals surface area contributed by atoms with Crippen molar-refractivity contribution in [1.29, 1.82) is 0 Å². The molecule has 2 aromatic rings. The van der Waals surface area contributed by atoms with Gasteiger partial charge in [-0.25, -0.2) is 0 Å². The predicted octanol–water partition coefficient (Wildman–Crippen LogP) is 4.05. The second-order valence-corrected chi connectivity index (χ2v) is 6.46. The van der Waals surface area contributed by atoms with Crippen LogP contribution in [0.3, 0.4) is 0 Å². The summed E-state index contributed by atoms with van der Waals surface area (Å²) in [5.74, 6) is 0.344. The Bertz CT molecular complexity index is 822. The molecule has 3 rings (SSSR count). The molecule has 130 valence electrons. The quantitative estimate of drug-likeness (QED) is 0.847. The van der Waals surface area contributed by atoms with Crippen LogP contribution in [-0.2, 0) is 9.59 Å². The van der Waals surface area contributed by atoms with E-state index in [0.29, 0.717) is 22.1 Å². The molecule has 1 aliphatic carbocycles. The first kappa shape index (κ1) is 17.3. The van der Waals surface area contributed by atoms with Crippen molar-refractivity contribution >= 4 is 34.8 Å². The van der Waals surface area contributed by atoms with Crippen LogP contribution in [0.4, 0.5) is 11.4 Å². The van der Waals surface area contributed by atoms with Crippen LogP contribution in [0.15, 0.2) is 42.5 Å². The largest absolute Gasteiger partial charge is 0.494 e. The summed E-state index contributed by atoms with van der Waals surface area (Å²) in [6, 6.07) is 12.7. The van der Waals surface area contributed by atoms with Crippen molar-refractivity contribution in [3.05, 3.63) is 53.1 Å². The van der Waals surface area contributed by atoms with Crippen LogP contribution in [0.1, 0.15) is 24.8 Å². The number of carbonyl (C=O) groups is 2. The van der Waals surface area contributed by atoms with Gasteiger partial charge in [-0.05, 0) is 36.1 Å². The summed E-state index contributed by atoms with van der Waals surface area (Å²) in [6.07, 6.45) is 0.788. The number of amides is 2. The zero-order chi connectivity index (χ0) is 18.0. The number of ether oxygens (including phenoxy) is 1.